The van der Waals surface area contributed by atoms with Crippen molar-refractivity contribution in [1.29, 1.82) is 0 Å². The van der Waals surface area contributed by atoms with E-state index < -0.39 is 9.84 Å². The van der Waals surface area contributed by atoms with Crippen molar-refractivity contribution in [3.05, 3.63) is 0 Å². The summed E-state index contributed by atoms with van der Waals surface area (Å²) in [6.07, 6.45) is 4.03. The van der Waals surface area contributed by atoms with Crippen LogP contribution in [0.3, 0.4) is 0 Å². The third-order valence-electron chi connectivity index (χ3n) is 5.00. The van der Waals surface area contributed by atoms with Crippen molar-refractivity contribution in [2.75, 3.05) is 25.1 Å². The van der Waals surface area contributed by atoms with Gasteiger partial charge >= 0.3 is 0 Å². The van der Waals surface area contributed by atoms with E-state index in [9.17, 15) is 8.42 Å². The largest absolute Gasteiger partial charge is 0.329 e. The second-order valence-electron chi connectivity index (χ2n) is 6.03. The number of hydrogen-bond acceptors (Lipinski definition) is 5. The van der Waals surface area contributed by atoms with Crippen molar-refractivity contribution < 1.29 is 8.42 Å². The van der Waals surface area contributed by atoms with Crippen molar-refractivity contribution in [2.45, 2.75) is 55.2 Å². The highest BCUT2D eigenvalue weighted by Crippen LogP contribution is 2.42. The van der Waals surface area contributed by atoms with Crippen LogP contribution in [0, 0.1) is 0 Å². The van der Waals surface area contributed by atoms with Crippen LogP contribution in [0.4, 0.5) is 0 Å². The smallest absolute Gasteiger partial charge is 0.152 e. The molecule has 1 aliphatic heterocycles. The van der Waals surface area contributed by atoms with Crippen LogP contribution in [0.2, 0.25) is 0 Å². The summed E-state index contributed by atoms with van der Waals surface area (Å²) in [5, 5.41) is 0.251. The molecule has 1 heterocycles. The Hall–Kier alpha value is 0.220. The molecular formula is C13H26N2O2S2. The van der Waals surface area contributed by atoms with E-state index in [1.54, 1.807) is 0 Å². The number of thioether (sulfide) groups is 1. The molecule has 112 valence electrons. The highest BCUT2D eigenvalue weighted by atomic mass is 32.2. The number of rotatable bonds is 3. The summed E-state index contributed by atoms with van der Waals surface area (Å²) in [6, 6.07) is 0.393. The average Bonchev–Trinajstić information content (AvgIpc) is 2.77. The fourth-order valence-electron chi connectivity index (χ4n) is 3.88. The Kier molecular flexibility index (Phi) is 4.55. The lowest BCUT2D eigenvalue weighted by atomic mass is 9.92. The van der Waals surface area contributed by atoms with E-state index in [2.05, 4.69) is 18.7 Å². The maximum absolute atomic E-state index is 12.2. The third-order valence-corrected chi connectivity index (χ3v) is 8.05. The topological polar surface area (TPSA) is 63.4 Å². The van der Waals surface area contributed by atoms with E-state index in [0.29, 0.717) is 17.8 Å². The Bertz CT molecular complexity index is 426. The molecule has 19 heavy (non-hydrogen) atoms. The van der Waals surface area contributed by atoms with Crippen LogP contribution in [0.1, 0.15) is 33.1 Å². The molecule has 0 aromatic rings. The summed E-state index contributed by atoms with van der Waals surface area (Å²) in [4.78, 5) is 2.41. The van der Waals surface area contributed by atoms with Gasteiger partial charge in [-0.15, -0.1) is 0 Å². The fraction of sp³-hybridized carbons (Fsp3) is 1.00. The maximum Gasteiger partial charge on any atom is 0.152 e. The van der Waals surface area contributed by atoms with Crippen LogP contribution in [-0.4, -0.2) is 60.5 Å². The van der Waals surface area contributed by atoms with Crippen LogP contribution < -0.4 is 5.73 Å². The second-order valence-corrected chi connectivity index (χ2v) is 9.74. The highest BCUT2D eigenvalue weighted by Gasteiger charge is 2.53. The van der Waals surface area contributed by atoms with Gasteiger partial charge in [-0.2, -0.15) is 11.8 Å². The zero-order chi connectivity index (χ0) is 14.3. The van der Waals surface area contributed by atoms with E-state index in [4.69, 9.17) is 5.73 Å². The standard InChI is InChI=1S/C13H26N2O2S2/c1-10-11(2)18-8-7-15(10)13(9-14)6-4-5-12(13)19(3,16)17/h10-12H,4-9,14H2,1-3H3. The van der Waals surface area contributed by atoms with E-state index in [1.165, 1.54) is 6.26 Å². The van der Waals surface area contributed by atoms with Gasteiger partial charge in [-0.1, -0.05) is 13.3 Å². The first-order valence-electron chi connectivity index (χ1n) is 7.10. The zero-order valence-corrected chi connectivity index (χ0v) is 13.8. The fourth-order valence-corrected chi connectivity index (χ4v) is 6.72. The Labute approximate surface area is 121 Å². The van der Waals surface area contributed by atoms with Gasteiger partial charge in [0.1, 0.15) is 0 Å². The van der Waals surface area contributed by atoms with Crippen LogP contribution in [0.15, 0.2) is 0 Å². The lowest BCUT2D eigenvalue weighted by Crippen LogP contribution is -2.65. The summed E-state index contributed by atoms with van der Waals surface area (Å²) in [6.45, 7) is 5.86. The zero-order valence-electron chi connectivity index (χ0n) is 12.1. The van der Waals surface area contributed by atoms with Gasteiger partial charge < -0.3 is 5.73 Å². The number of hydrogen-bond donors (Lipinski definition) is 1. The number of sulfone groups is 1. The molecule has 1 saturated heterocycles. The maximum atomic E-state index is 12.2. The van der Waals surface area contributed by atoms with Crippen LogP contribution in [-0.2, 0) is 9.84 Å². The van der Waals surface area contributed by atoms with Gasteiger partial charge in [0.05, 0.1) is 10.8 Å². The molecule has 0 spiro atoms. The molecule has 1 aliphatic carbocycles. The van der Waals surface area contributed by atoms with Gasteiger partial charge in [-0.05, 0) is 19.8 Å². The predicted molar refractivity (Wildman–Crippen MR) is 82.4 cm³/mol. The monoisotopic (exact) mass is 306 g/mol. The predicted octanol–water partition coefficient (Wildman–Crippen LogP) is 1.11. The van der Waals surface area contributed by atoms with E-state index in [-0.39, 0.29) is 10.8 Å². The Morgan fingerprint density at radius 1 is 1.42 bits per heavy atom. The van der Waals surface area contributed by atoms with Gasteiger partial charge in [0.25, 0.3) is 0 Å². The average molecular weight is 306 g/mol. The van der Waals surface area contributed by atoms with Gasteiger partial charge in [0.2, 0.25) is 0 Å². The lowest BCUT2D eigenvalue weighted by Gasteiger charge is -2.51. The number of nitrogens with zero attached hydrogens (tertiary/aromatic N) is 1. The molecule has 2 rings (SSSR count). The third kappa shape index (κ3) is 2.69. The quantitative estimate of drug-likeness (QED) is 0.846. The SMILES string of the molecule is CC1SCCN(C2(CN)CCCC2S(C)(=O)=O)C1C. The van der Waals surface area contributed by atoms with Gasteiger partial charge in [-0.3, -0.25) is 4.90 Å². The summed E-state index contributed by atoms with van der Waals surface area (Å²) in [5.41, 5.74) is 5.75. The Morgan fingerprint density at radius 3 is 2.68 bits per heavy atom. The van der Waals surface area contributed by atoms with E-state index in [0.717, 1.165) is 31.6 Å². The van der Waals surface area contributed by atoms with E-state index >= 15 is 0 Å². The Balaban J connectivity index is 2.36. The molecule has 1 saturated carbocycles. The van der Waals surface area contributed by atoms with Crippen molar-refractivity contribution in [3.8, 4) is 0 Å². The number of nitrogens with two attached hydrogens (primary N) is 1. The molecule has 0 aromatic carbocycles. The highest BCUT2D eigenvalue weighted by molar-refractivity contribution is 8.00. The van der Waals surface area contributed by atoms with E-state index in [1.807, 2.05) is 11.8 Å². The lowest BCUT2D eigenvalue weighted by molar-refractivity contribution is 0.0643. The van der Waals surface area contributed by atoms with Crippen LogP contribution in [0.25, 0.3) is 0 Å². The second kappa shape index (κ2) is 5.54. The van der Waals surface area contributed by atoms with Crippen molar-refractivity contribution in [2.24, 2.45) is 5.73 Å². The minimum Gasteiger partial charge on any atom is -0.329 e. The Morgan fingerprint density at radius 2 is 2.11 bits per heavy atom. The van der Waals surface area contributed by atoms with Gasteiger partial charge in [0.15, 0.2) is 9.84 Å². The first-order valence-corrected chi connectivity index (χ1v) is 10.1. The normalized spacial score (nSPS) is 41.6. The van der Waals surface area contributed by atoms with Crippen molar-refractivity contribution >= 4 is 21.6 Å². The molecule has 0 amide bonds. The molecule has 0 radical (unpaired) electrons. The van der Waals surface area contributed by atoms with Gasteiger partial charge in [-0.25, -0.2) is 8.42 Å². The first-order chi connectivity index (χ1) is 8.83. The van der Waals surface area contributed by atoms with Gasteiger partial charge in [0, 0.05) is 36.4 Å². The minimum absolute atomic E-state index is 0.289. The summed E-state index contributed by atoms with van der Waals surface area (Å²) in [7, 11) is -3.04. The molecule has 0 aromatic heterocycles. The molecule has 4 nitrogen and oxygen atoms in total. The summed E-state index contributed by atoms with van der Waals surface area (Å²) in [5.74, 6) is 1.07. The van der Waals surface area contributed by atoms with Crippen molar-refractivity contribution in [1.82, 2.24) is 4.90 Å². The molecule has 2 fully saturated rings. The summed E-state index contributed by atoms with van der Waals surface area (Å²) >= 11 is 1.97. The molecule has 2 N–H and O–H groups in total. The molecule has 4 unspecified atom stereocenters. The summed E-state index contributed by atoms with van der Waals surface area (Å²) < 4.78 is 24.3. The molecule has 2 aliphatic rings. The molecule has 4 atom stereocenters. The van der Waals surface area contributed by atoms with Crippen LogP contribution >= 0.6 is 11.8 Å². The molecule has 6 heteroatoms. The first kappa shape index (κ1) is 15.6. The van der Waals surface area contributed by atoms with Crippen LogP contribution in [0.5, 0.6) is 0 Å². The molecular weight excluding hydrogens is 280 g/mol. The van der Waals surface area contributed by atoms with Crippen molar-refractivity contribution in [3.63, 3.8) is 0 Å². The minimum atomic E-state index is -3.04. The molecule has 0 bridgehead atoms.